The monoisotopic (exact) mass is 266 g/mol. The van der Waals surface area contributed by atoms with Crippen molar-refractivity contribution < 1.29 is 45.4 Å². The van der Waals surface area contributed by atoms with E-state index in [1.165, 1.54) is 0 Å². The van der Waals surface area contributed by atoms with Gasteiger partial charge in [0, 0.05) is 0 Å². The Morgan fingerprint density at radius 2 is 1.12 bits per heavy atom. The fraction of sp³-hybridized carbons (Fsp3) is 0.714. The highest BCUT2D eigenvalue weighted by Gasteiger charge is 2.73. The van der Waals surface area contributed by atoms with Crippen molar-refractivity contribution in [2.24, 2.45) is 5.41 Å². The lowest BCUT2D eigenvalue weighted by atomic mass is 9.88. The van der Waals surface area contributed by atoms with Crippen molar-refractivity contribution in [2.45, 2.75) is 12.4 Å². The molecule has 0 aromatic carbocycles. The van der Waals surface area contributed by atoms with Crippen molar-refractivity contribution in [2.75, 3.05) is 13.2 Å². The molecule has 0 aromatic heterocycles. The van der Waals surface area contributed by atoms with E-state index in [-0.39, 0.29) is 0 Å². The van der Waals surface area contributed by atoms with Crippen LogP contribution in [0.2, 0.25) is 0 Å². The van der Waals surface area contributed by atoms with E-state index in [0.29, 0.717) is 0 Å². The summed E-state index contributed by atoms with van der Waals surface area (Å²) in [6, 6.07) is 0. The molecule has 1 aliphatic rings. The van der Waals surface area contributed by atoms with Gasteiger partial charge >= 0.3 is 24.3 Å². The number of hydrogen-bond donors (Lipinski definition) is 0. The molecule has 1 rings (SSSR count). The first-order valence-corrected chi connectivity index (χ1v) is 3.98. The Labute approximate surface area is 89.5 Å². The highest BCUT2D eigenvalue weighted by molar-refractivity contribution is 6.29. The van der Waals surface area contributed by atoms with E-state index in [4.69, 9.17) is 0 Å². The van der Waals surface area contributed by atoms with Gasteiger partial charge in [0.15, 0.2) is 0 Å². The number of esters is 2. The summed E-state index contributed by atoms with van der Waals surface area (Å²) in [6.45, 7) is -4.07. The number of cyclic esters (lactones) is 2. The van der Waals surface area contributed by atoms with Gasteiger partial charge < -0.3 is 9.47 Å². The van der Waals surface area contributed by atoms with Gasteiger partial charge in [-0.25, -0.2) is 9.59 Å². The highest BCUT2D eigenvalue weighted by atomic mass is 19.4. The number of ether oxygens (including phenoxy) is 2. The van der Waals surface area contributed by atoms with Crippen LogP contribution in [0.15, 0.2) is 0 Å². The summed E-state index contributed by atoms with van der Waals surface area (Å²) in [5.41, 5.74) is -4.39. The molecule has 0 radical (unpaired) electrons. The number of alkyl halides is 6. The fourth-order valence-electron chi connectivity index (χ4n) is 1.03. The molecule has 17 heavy (non-hydrogen) atoms. The maximum Gasteiger partial charge on any atom is 0.417 e. The summed E-state index contributed by atoms with van der Waals surface area (Å²) in [6.07, 6.45) is -11.5. The van der Waals surface area contributed by atoms with E-state index in [1.54, 1.807) is 0 Å². The van der Waals surface area contributed by atoms with Crippen LogP contribution in [0.3, 0.4) is 0 Å². The second-order valence-corrected chi connectivity index (χ2v) is 3.23. The van der Waals surface area contributed by atoms with Gasteiger partial charge in [0.05, 0.1) is 0 Å². The summed E-state index contributed by atoms with van der Waals surface area (Å²) >= 11 is 0. The molecule has 0 aliphatic carbocycles. The Morgan fingerprint density at radius 3 is 1.35 bits per heavy atom. The van der Waals surface area contributed by atoms with E-state index in [9.17, 15) is 35.9 Å². The van der Waals surface area contributed by atoms with Crippen LogP contribution >= 0.6 is 0 Å². The third kappa shape index (κ3) is 2.15. The molecule has 0 N–H and O–H groups in total. The first-order valence-electron chi connectivity index (χ1n) is 3.98. The maximum absolute atomic E-state index is 12.4. The molecule has 1 saturated heterocycles. The number of halogens is 6. The lowest BCUT2D eigenvalue weighted by Gasteiger charge is -2.33. The highest BCUT2D eigenvalue weighted by Crippen LogP contribution is 2.51. The quantitative estimate of drug-likeness (QED) is 0.375. The van der Waals surface area contributed by atoms with Crippen molar-refractivity contribution in [3.63, 3.8) is 0 Å². The second-order valence-electron chi connectivity index (χ2n) is 3.23. The van der Waals surface area contributed by atoms with Crippen LogP contribution in [0.4, 0.5) is 26.3 Å². The smallest absolute Gasteiger partial charge is 0.417 e. The average Bonchev–Trinajstić information content (AvgIpc) is 2.26. The van der Waals surface area contributed by atoms with Crippen LogP contribution in [-0.2, 0) is 19.1 Å². The minimum absolute atomic E-state index is 1.89. The molecule has 0 amide bonds. The third-order valence-corrected chi connectivity index (χ3v) is 2.15. The number of hydrogen-bond acceptors (Lipinski definition) is 4. The van der Waals surface area contributed by atoms with E-state index >= 15 is 0 Å². The van der Waals surface area contributed by atoms with Gasteiger partial charge in [-0.05, 0) is 0 Å². The van der Waals surface area contributed by atoms with Crippen LogP contribution < -0.4 is 0 Å². The van der Waals surface area contributed by atoms with E-state index in [1.807, 2.05) is 0 Å². The molecule has 0 bridgehead atoms. The molecule has 4 nitrogen and oxygen atoms in total. The summed E-state index contributed by atoms with van der Waals surface area (Å²) in [4.78, 5) is 21.0. The predicted octanol–water partition coefficient (Wildman–Crippen LogP) is 1.20. The molecule has 1 aliphatic heterocycles. The number of carbonyl (C=O) groups excluding carboxylic acids is 2. The van der Waals surface area contributed by atoms with Crippen LogP contribution in [-0.4, -0.2) is 37.5 Å². The Kier molecular flexibility index (Phi) is 3.02. The Bertz CT molecular complexity index is 309. The lowest BCUT2D eigenvalue weighted by Crippen LogP contribution is -2.55. The van der Waals surface area contributed by atoms with Gasteiger partial charge in [-0.1, -0.05) is 0 Å². The zero-order valence-electron chi connectivity index (χ0n) is 7.81. The van der Waals surface area contributed by atoms with Crippen molar-refractivity contribution in [1.82, 2.24) is 0 Å². The SMILES string of the molecule is O=C1OCC(C(F)(F)F)(C(F)(F)F)COC1=O. The largest absolute Gasteiger partial charge is 0.456 e. The number of rotatable bonds is 0. The van der Waals surface area contributed by atoms with E-state index < -0.39 is 42.9 Å². The van der Waals surface area contributed by atoms with Crippen LogP contribution in [0.25, 0.3) is 0 Å². The first-order chi connectivity index (χ1) is 7.51. The minimum atomic E-state index is -5.77. The zero-order valence-corrected chi connectivity index (χ0v) is 7.81. The topological polar surface area (TPSA) is 52.6 Å². The van der Waals surface area contributed by atoms with E-state index in [2.05, 4.69) is 9.47 Å². The van der Waals surface area contributed by atoms with Gasteiger partial charge in [0.25, 0.3) is 0 Å². The Hall–Kier alpha value is -1.48. The zero-order chi connectivity index (χ0) is 13.5. The van der Waals surface area contributed by atoms with Gasteiger partial charge in [0.1, 0.15) is 13.2 Å². The predicted molar refractivity (Wildman–Crippen MR) is 36.5 cm³/mol. The van der Waals surface area contributed by atoms with Crippen LogP contribution in [0.1, 0.15) is 0 Å². The normalized spacial score (nSPS) is 21.5. The number of carbonyl (C=O) groups is 2. The molecule has 0 unspecified atom stereocenters. The molecule has 0 atom stereocenters. The fourth-order valence-corrected chi connectivity index (χ4v) is 1.03. The first kappa shape index (κ1) is 13.6. The summed E-state index contributed by atoms with van der Waals surface area (Å²) in [7, 11) is 0. The maximum atomic E-state index is 12.4. The summed E-state index contributed by atoms with van der Waals surface area (Å²) in [5, 5.41) is 0. The summed E-state index contributed by atoms with van der Waals surface area (Å²) < 4.78 is 81.8. The minimum Gasteiger partial charge on any atom is -0.456 e. The van der Waals surface area contributed by atoms with Crippen LogP contribution in [0.5, 0.6) is 0 Å². The summed E-state index contributed by atoms with van der Waals surface area (Å²) in [5.74, 6) is -3.78. The Balaban J connectivity index is 3.18. The van der Waals surface area contributed by atoms with Gasteiger partial charge in [0.2, 0.25) is 5.41 Å². The van der Waals surface area contributed by atoms with Crippen LogP contribution in [0, 0.1) is 5.41 Å². The van der Waals surface area contributed by atoms with Crippen molar-refractivity contribution in [3.05, 3.63) is 0 Å². The molecular weight excluding hydrogens is 262 g/mol. The van der Waals surface area contributed by atoms with Gasteiger partial charge in [-0.3, -0.25) is 0 Å². The third-order valence-electron chi connectivity index (χ3n) is 2.15. The molecule has 1 fully saturated rings. The molecule has 0 spiro atoms. The molecule has 98 valence electrons. The molecule has 0 saturated carbocycles. The van der Waals surface area contributed by atoms with Gasteiger partial charge in [-0.15, -0.1) is 0 Å². The molecule has 1 heterocycles. The Morgan fingerprint density at radius 1 is 0.824 bits per heavy atom. The molecular formula is C7H4F6O4. The molecule has 10 heteroatoms. The van der Waals surface area contributed by atoms with Crippen molar-refractivity contribution in [1.29, 1.82) is 0 Å². The lowest BCUT2D eigenvalue weighted by molar-refractivity contribution is -0.354. The van der Waals surface area contributed by atoms with Crippen molar-refractivity contribution in [3.8, 4) is 0 Å². The standard InChI is InChI=1S/C7H4F6O4/c8-6(9,10)5(7(11,12)13)1-16-3(14)4(15)17-2-5/h1-2H2. The van der Waals surface area contributed by atoms with Gasteiger partial charge in [-0.2, -0.15) is 26.3 Å². The molecule has 0 aromatic rings. The van der Waals surface area contributed by atoms with Crippen molar-refractivity contribution >= 4 is 11.9 Å². The second kappa shape index (κ2) is 3.77. The van der Waals surface area contributed by atoms with E-state index in [0.717, 1.165) is 0 Å². The average molecular weight is 266 g/mol.